The highest BCUT2D eigenvalue weighted by atomic mass is 16.2. The molecule has 140 valence electrons. The standard InChI is InChI=1S/C19H27N5O2/c1-12-11-17-21-13(2)16(14(3)24(17)22-12)5-6-18(25)23-9-7-15(8-10-23)19(26)20-4/h11,15H,5-10H2,1-4H3,(H,20,26). The fourth-order valence-electron chi connectivity index (χ4n) is 3.79. The van der Waals surface area contributed by atoms with Crippen LogP contribution in [-0.2, 0) is 16.0 Å². The molecule has 2 amide bonds. The molecule has 7 heteroatoms. The summed E-state index contributed by atoms with van der Waals surface area (Å²) in [5.74, 6) is 0.261. The Bertz CT molecular complexity index is 834. The summed E-state index contributed by atoms with van der Waals surface area (Å²) >= 11 is 0. The highest BCUT2D eigenvalue weighted by Crippen LogP contribution is 2.20. The minimum Gasteiger partial charge on any atom is -0.359 e. The van der Waals surface area contributed by atoms with Gasteiger partial charge in [0, 0.05) is 49.9 Å². The van der Waals surface area contributed by atoms with Gasteiger partial charge < -0.3 is 10.2 Å². The van der Waals surface area contributed by atoms with Crippen molar-refractivity contribution in [2.24, 2.45) is 5.92 Å². The summed E-state index contributed by atoms with van der Waals surface area (Å²) < 4.78 is 1.86. The first-order valence-electron chi connectivity index (χ1n) is 9.22. The number of aromatic nitrogens is 3. The Balaban J connectivity index is 1.63. The Kier molecular flexibility index (Phi) is 5.25. The molecule has 1 aliphatic rings. The number of hydrogen-bond donors (Lipinski definition) is 1. The topological polar surface area (TPSA) is 79.6 Å². The van der Waals surface area contributed by atoms with Gasteiger partial charge in [-0.05, 0) is 45.6 Å². The largest absolute Gasteiger partial charge is 0.359 e. The van der Waals surface area contributed by atoms with E-state index in [4.69, 9.17) is 0 Å². The lowest BCUT2D eigenvalue weighted by Gasteiger charge is -2.31. The Morgan fingerprint density at radius 1 is 1.23 bits per heavy atom. The SMILES string of the molecule is CNC(=O)C1CCN(C(=O)CCc2c(C)nc3cc(C)nn3c2C)CC1. The van der Waals surface area contributed by atoms with E-state index in [9.17, 15) is 9.59 Å². The van der Waals surface area contributed by atoms with Gasteiger partial charge in [-0.1, -0.05) is 0 Å². The fourth-order valence-corrected chi connectivity index (χ4v) is 3.79. The fraction of sp³-hybridized carbons (Fsp3) is 0.579. The normalized spacial score (nSPS) is 15.5. The van der Waals surface area contributed by atoms with Gasteiger partial charge in [-0.25, -0.2) is 9.50 Å². The van der Waals surface area contributed by atoms with Gasteiger partial charge >= 0.3 is 0 Å². The molecule has 1 fully saturated rings. The number of likely N-dealkylation sites (tertiary alicyclic amines) is 1. The quantitative estimate of drug-likeness (QED) is 0.901. The second kappa shape index (κ2) is 7.43. The van der Waals surface area contributed by atoms with E-state index in [1.807, 2.05) is 36.3 Å². The number of rotatable bonds is 4. The minimum atomic E-state index is 0.0307. The van der Waals surface area contributed by atoms with Crippen LogP contribution in [0.4, 0.5) is 0 Å². The van der Waals surface area contributed by atoms with Crippen LogP contribution >= 0.6 is 0 Å². The second-order valence-corrected chi connectivity index (χ2v) is 7.09. The Labute approximate surface area is 153 Å². The average molecular weight is 357 g/mol. The number of piperidine rings is 1. The van der Waals surface area contributed by atoms with Crippen LogP contribution in [0.25, 0.3) is 5.65 Å². The van der Waals surface area contributed by atoms with Crippen LogP contribution in [0.3, 0.4) is 0 Å². The third-order valence-corrected chi connectivity index (χ3v) is 5.34. The van der Waals surface area contributed by atoms with E-state index in [0.717, 1.165) is 41.1 Å². The Morgan fingerprint density at radius 2 is 1.92 bits per heavy atom. The number of nitrogens with one attached hydrogen (secondary N) is 1. The number of carbonyl (C=O) groups is 2. The van der Waals surface area contributed by atoms with Crippen LogP contribution in [0, 0.1) is 26.7 Å². The highest BCUT2D eigenvalue weighted by Gasteiger charge is 2.26. The zero-order valence-electron chi connectivity index (χ0n) is 16.0. The zero-order chi connectivity index (χ0) is 18.8. The molecule has 0 atom stereocenters. The number of carbonyl (C=O) groups excluding carboxylic acids is 2. The van der Waals surface area contributed by atoms with Gasteiger partial charge in [-0.3, -0.25) is 9.59 Å². The molecule has 2 aromatic rings. The third kappa shape index (κ3) is 3.57. The van der Waals surface area contributed by atoms with Gasteiger partial charge in [0.2, 0.25) is 11.8 Å². The van der Waals surface area contributed by atoms with Crippen LogP contribution in [0.5, 0.6) is 0 Å². The van der Waals surface area contributed by atoms with Crippen LogP contribution in [0.15, 0.2) is 6.07 Å². The van der Waals surface area contributed by atoms with Crippen molar-refractivity contribution in [1.82, 2.24) is 24.8 Å². The molecular weight excluding hydrogens is 330 g/mol. The molecule has 0 aromatic carbocycles. The van der Waals surface area contributed by atoms with Crippen molar-refractivity contribution in [2.45, 2.75) is 46.5 Å². The third-order valence-electron chi connectivity index (χ3n) is 5.34. The lowest BCUT2D eigenvalue weighted by molar-refractivity contribution is -0.135. The number of fused-ring (bicyclic) bond motifs is 1. The summed E-state index contributed by atoms with van der Waals surface area (Å²) in [6, 6.07) is 1.96. The molecule has 0 radical (unpaired) electrons. The first-order chi connectivity index (χ1) is 12.4. The Morgan fingerprint density at radius 3 is 2.58 bits per heavy atom. The molecule has 0 bridgehead atoms. The summed E-state index contributed by atoms with van der Waals surface area (Å²) in [5.41, 5.74) is 4.89. The second-order valence-electron chi connectivity index (χ2n) is 7.09. The summed E-state index contributed by atoms with van der Waals surface area (Å²) in [4.78, 5) is 30.8. The first kappa shape index (κ1) is 18.4. The Hall–Kier alpha value is -2.44. The molecule has 1 N–H and O–H groups in total. The molecule has 1 aliphatic heterocycles. The van der Waals surface area contributed by atoms with Gasteiger partial charge in [-0.2, -0.15) is 5.10 Å². The number of nitrogens with zero attached hydrogens (tertiary/aromatic N) is 4. The smallest absolute Gasteiger partial charge is 0.222 e. The molecule has 0 spiro atoms. The van der Waals surface area contributed by atoms with Gasteiger partial charge in [0.1, 0.15) is 0 Å². The van der Waals surface area contributed by atoms with Gasteiger partial charge in [-0.15, -0.1) is 0 Å². The molecule has 26 heavy (non-hydrogen) atoms. The van der Waals surface area contributed by atoms with Gasteiger partial charge in [0.25, 0.3) is 0 Å². The van der Waals surface area contributed by atoms with Gasteiger partial charge in [0.05, 0.1) is 5.69 Å². The van der Waals surface area contributed by atoms with E-state index in [0.29, 0.717) is 25.9 Å². The maximum Gasteiger partial charge on any atom is 0.222 e. The van der Waals surface area contributed by atoms with Gasteiger partial charge in [0.15, 0.2) is 5.65 Å². The zero-order valence-corrected chi connectivity index (χ0v) is 16.0. The van der Waals surface area contributed by atoms with Crippen molar-refractivity contribution in [3.63, 3.8) is 0 Å². The number of amides is 2. The molecular formula is C19H27N5O2. The lowest BCUT2D eigenvalue weighted by Crippen LogP contribution is -2.42. The summed E-state index contributed by atoms with van der Waals surface area (Å²) in [7, 11) is 1.66. The molecule has 7 nitrogen and oxygen atoms in total. The molecule has 0 unspecified atom stereocenters. The van der Waals surface area contributed by atoms with Crippen LogP contribution in [0.1, 0.15) is 41.9 Å². The lowest BCUT2D eigenvalue weighted by atomic mass is 9.95. The molecule has 3 rings (SSSR count). The molecule has 0 aliphatic carbocycles. The van der Waals surface area contributed by atoms with E-state index in [1.165, 1.54) is 0 Å². The maximum absolute atomic E-state index is 12.6. The molecule has 3 heterocycles. The molecule has 1 saturated heterocycles. The van der Waals surface area contributed by atoms with E-state index in [-0.39, 0.29) is 17.7 Å². The van der Waals surface area contributed by atoms with Crippen LogP contribution in [0.2, 0.25) is 0 Å². The molecule has 2 aromatic heterocycles. The van der Waals surface area contributed by atoms with Crippen molar-refractivity contribution >= 4 is 17.5 Å². The van der Waals surface area contributed by atoms with E-state index < -0.39 is 0 Å². The highest BCUT2D eigenvalue weighted by molar-refractivity contribution is 5.80. The monoisotopic (exact) mass is 357 g/mol. The minimum absolute atomic E-state index is 0.0307. The summed E-state index contributed by atoms with van der Waals surface area (Å²) in [6.07, 6.45) is 2.60. The maximum atomic E-state index is 12.6. The van der Waals surface area contributed by atoms with Crippen molar-refractivity contribution < 1.29 is 9.59 Å². The molecule has 0 saturated carbocycles. The predicted octanol–water partition coefficient (Wildman–Crippen LogP) is 1.57. The van der Waals surface area contributed by atoms with E-state index in [1.54, 1.807) is 7.05 Å². The van der Waals surface area contributed by atoms with Crippen molar-refractivity contribution in [3.8, 4) is 0 Å². The van der Waals surface area contributed by atoms with E-state index >= 15 is 0 Å². The van der Waals surface area contributed by atoms with Crippen LogP contribution < -0.4 is 5.32 Å². The van der Waals surface area contributed by atoms with Crippen molar-refractivity contribution in [1.29, 1.82) is 0 Å². The predicted molar refractivity (Wildman–Crippen MR) is 98.9 cm³/mol. The summed E-state index contributed by atoms with van der Waals surface area (Å²) in [5, 5.41) is 7.18. The number of aryl methyl sites for hydroxylation is 3. The first-order valence-corrected chi connectivity index (χ1v) is 9.22. The number of hydrogen-bond acceptors (Lipinski definition) is 4. The van der Waals surface area contributed by atoms with E-state index in [2.05, 4.69) is 15.4 Å². The van der Waals surface area contributed by atoms with Crippen LogP contribution in [-0.4, -0.2) is 51.4 Å². The van der Waals surface area contributed by atoms with Crippen molar-refractivity contribution in [3.05, 3.63) is 28.7 Å². The van der Waals surface area contributed by atoms with Crippen molar-refractivity contribution in [2.75, 3.05) is 20.1 Å². The average Bonchev–Trinajstić information content (AvgIpc) is 3.01. The summed E-state index contributed by atoms with van der Waals surface area (Å²) in [6.45, 7) is 7.29.